The highest BCUT2D eigenvalue weighted by molar-refractivity contribution is 6.04. The second kappa shape index (κ2) is 12.2. The van der Waals surface area contributed by atoms with Gasteiger partial charge in [0, 0.05) is 25.2 Å². The molecule has 0 saturated carbocycles. The van der Waals surface area contributed by atoms with Crippen LogP contribution in [0.3, 0.4) is 0 Å². The number of aromatic nitrogens is 1. The molecule has 5 rings (SSSR count). The number of pyridine rings is 1. The van der Waals surface area contributed by atoms with Crippen molar-refractivity contribution in [3.05, 3.63) is 102 Å². The van der Waals surface area contributed by atoms with E-state index in [1.807, 2.05) is 42.5 Å². The first-order chi connectivity index (χ1) is 19.0. The molecule has 0 unspecified atom stereocenters. The molecule has 1 amide bonds. The summed E-state index contributed by atoms with van der Waals surface area (Å²) in [5.74, 6) is 1.99. The first-order valence-corrected chi connectivity index (χ1v) is 12.9. The summed E-state index contributed by atoms with van der Waals surface area (Å²) >= 11 is 0. The number of allylic oxidation sites excluding steroid dienone is 2. The molecular formula is C30H30N4O5. The van der Waals surface area contributed by atoms with Crippen molar-refractivity contribution in [2.45, 2.75) is 12.8 Å². The Balaban J connectivity index is 1.08. The molecule has 0 spiro atoms. The van der Waals surface area contributed by atoms with Gasteiger partial charge in [0.2, 0.25) is 0 Å². The van der Waals surface area contributed by atoms with Gasteiger partial charge in [-0.1, -0.05) is 24.3 Å². The van der Waals surface area contributed by atoms with Crippen molar-refractivity contribution in [3.8, 4) is 11.5 Å². The van der Waals surface area contributed by atoms with Gasteiger partial charge in [0.15, 0.2) is 5.88 Å². The molecule has 3 heterocycles. The van der Waals surface area contributed by atoms with E-state index < -0.39 is 5.97 Å². The van der Waals surface area contributed by atoms with Gasteiger partial charge in [0.05, 0.1) is 24.1 Å². The lowest BCUT2D eigenvalue weighted by atomic mass is 9.98. The van der Waals surface area contributed by atoms with Crippen LogP contribution in [0.15, 0.2) is 96.5 Å². The molecule has 200 valence electrons. The molecule has 1 fully saturated rings. The summed E-state index contributed by atoms with van der Waals surface area (Å²) in [4.78, 5) is 30.6. The summed E-state index contributed by atoms with van der Waals surface area (Å²) in [6, 6.07) is 19.8. The molecule has 39 heavy (non-hydrogen) atoms. The molecule has 3 aromatic rings. The molecule has 1 saturated heterocycles. The molecule has 0 atom stereocenters. The molecule has 9 nitrogen and oxygen atoms in total. The third-order valence-electron chi connectivity index (χ3n) is 6.66. The number of amides is 1. The molecule has 2 aromatic carbocycles. The number of aromatic carboxylic acids is 1. The van der Waals surface area contributed by atoms with Crippen molar-refractivity contribution in [2.75, 3.05) is 36.5 Å². The Labute approximate surface area is 226 Å². The van der Waals surface area contributed by atoms with Gasteiger partial charge in [0.1, 0.15) is 17.3 Å². The SMILES string of the molecule is O=C(Nc1ccc(N2CCC(COc3cccc(C(=O)O)c3)CC2)nc1)C1=CC=C(Oc2ccccc2)NC1. The van der Waals surface area contributed by atoms with Crippen LogP contribution in [0.5, 0.6) is 11.5 Å². The largest absolute Gasteiger partial charge is 0.493 e. The predicted molar refractivity (Wildman–Crippen MR) is 148 cm³/mol. The van der Waals surface area contributed by atoms with Crippen molar-refractivity contribution in [2.24, 2.45) is 5.92 Å². The van der Waals surface area contributed by atoms with Crippen LogP contribution < -0.4 is 25.0 Å². The van der Waals surface area contributed by atoms with Crippen LogP contribution in [-0.2, 0) is 4.79 Å². The normalized spacial score (nSPS) is 15.4. The number of para-hydroxylation sites is 1. The van der Waals surface area contributed by atoms with Crippen LogP contribution in [0, 0.1) is 5.92 Å². The molecular weight excluding hydrogens is 496 g/mol. The molecule has 2 aliphatic rings. The molecule has 3 N–H and O–H groups in total. The van der Waals surface area contributed by atoms with Crippen molar-refractivity contribution in [1.29, 1.82) is 0 Å². The fraction of sp³-hybridized carbons (Fsp3) is 0.233. The van der Waals surface area contributed by atoms with Gasteiger partial charge in [-0.2, -0.15) is 0 Å². The number of carbonyl (C=O) groups excluding carboxylic acids is 1. The zero-order chi connectivity index (χ0) is 27.0. The van der Waals surface area contributed by atoms with Crippen LogP contribution in [-0.4, -0.2) is 48.2 Å². The van der Waals surface area contributed by atoms with Gasteiger partial charge >= 0.3 is 5.97 Å². The minimum atomic E-state index is -0.963. The number of carboxylic acids is 1. The second-order valence-corrected chi connectivity index (χ2v) is 9.43. The lowest BCUT2D eigenvalue weighted by Gasteiger charge is -2.32. The summed E-state index contributed by atoms with van der Waals surface area (Å²) in [5, 5.41) is 15.2. The highest BCUT2D eigenvalue weighted by Gasteiger charge is 2.21. The molecule has 0 radical (unpaired) electrons. The quantitative estimate of drug-likeness (QED) is 0.375. The van der Waals surface area contributed by atoms with Crippen molar-refractivity contribution in [1.82, 2.24) is 10.3 Å². The van der Waals surface area contributed by atoms with E-state index in [0.29, 0.717) is 42.0 Å². The highest BCUT2D eigenvalue weighted by atomic mass is 16.5. The Morgan fingerprint density at radius 3 is 2.49 bits per heavy atom. The molecule has 1 aromatic heterocycles. The second-order valence-electron chi connectivity index (χ2n) is 9.43. The minimum absolute atomic E-state index is 0.193. The van der Waals surface area contributed by atoms with Gasteiger partial charge in [-0.25, -0.2) is 9.78 Å². The number of carboxylic acid groups (broad SMARTS) is 1. The maximum absolute atomic E-state index is 12.7. The highest BCUT2D eigenvalue weighted by Crippen LogP contribution is 2.24. The summed E-state index contributed by atoms with van der Waals surface area (Å²) in [6.07, 6.45) is 7.07. The van der Waals surface area contributed by atoms with Crippen LogP contribution in [0.2, 0.25) is 0 Å². The van der Waals surface area contributed by atoms with Crippen LogP contribution in [0.25, 0.3) is 0 Å². The standard InChI is InChI=1S/C30H30N4O5/c35-29(23-9-12-28(32-18-23)39-25-6-2-1-3-7-25)33-24-10-11-27(31-19-24)34-15-13-21(14-16-34)20-38-26-8-4-5-22(17-26)30(36)37/h1-12,17,19,21,32H,13-16,18,20H2,(H,33,35)(H,36,37). The zero-order valence-electron chi connectivity index (χ0n) is 21.4. The summed E-state index contributed by atoms with van der Waals surface area (Å²) in [6.45, 7) is 2.61. The number of hydrogen-bond donors (Lipinski definition) is 3. The number of nitrogens with one attached hydrogen (secondary N) is 2. The fourth-order valence-electron chi connectivity index (χ4n) is 4.44. The fourth-order valence-corrected chi connectivity index (χ4v) is 4.44. The van der Waals surface area contributed by atoms with E-state index in [4.69, 9.17) is 14.6 Å². The number of hydrogen-bond acceptors (Lipinski definition) is 7. The Morgan fingerprint density at radius 1 is 1.00 bits per heavy atom. The average molecular weight is 527 g/mol. The number of nitrogens with zero attached hydrogens (tertiary/aromatic N) is 2. The number of benzene rings is 2. The maximum Gasteiger partial charge on any atom is 0.335 e. The van der Waals surface area contributed by atoms with Gasteiger partial charge in [-0.15, -0.1) is 0 Å². The minimum Gasteiger partial charge on any atom is -0.493 e. The lowest BCUT2D eigenvalue weighted by molar-refractivity contribution is -0.112. The van der Waals surface area contributed by atoms with Gasteiger partial charge < -0.3 is 30.1 Å². The van der Waals surface area contributed by atoms with Gasteiger partial charge in [0.25, 0.3) is 5.91 Å². The number of anilines is 2. The van der Waals surface area contributed by atoms with E-state index in [0.717, 1.165) is 37.5 Å². The molecule has 0 aliphatic carbocycles. The molecule has 0 bridgehead atoms. The average Bonchev–Trinajstić information content (AvgIpc) is 2.98. The number of ether oxygens (including phenoxy) is 2. The van der Waals surface area contributed by atoms with E-state index in [2.05, 4.69) is 20.5 Å². The summed E-state index contributed by atoms with van der Waals surface area (Å²) < 4.78 is 11.6. The van der Waals surface area contributed by atoms with E-state index in [9.17, 15) is 9.59 Å². The van der Waals surface area contributed by atoms with Gasteiger partial charge in [-0.05, 0) is 73.4 Å². The van der Waals surface area contributed by atoms with Crippen molar-refractivity contribution < 1.29 is 24.2 Å². The third kappa shape index (κ3) is 6.95. The summed E-state index contributed by atoms with van der Waals surface area (Å²) in [5.41, 5.74) is 1.45. The number of dihydropyridines is 1. The Morgan fingerprint density at radius 2 is 1.79 bits per heavy atom. The Kier molecular flexibility index (Phi) is 8.06. The van der Waals surface area contributed by atoms with E-state index >= 15 is 0 Å². The number of carbonyl (C=O) groups is 2. The Bertz CT molecular complexity index is 1360. The van der Waals surface area contributed by atoms with Crippen LogP contribution >= 0.6 is 0 Å². The first kappa shape index (κ1) is 25.8. The monoisotopic (exact) mass is 526 g/mol. The Hall–Kier alpha value is -4.79. The van der Waals surface area contributed by atoms with Gasteiger partial charge in [-0.3, -0.25) is 4.79 Å². The van der Waals surface area contributed by atoms with E-state index in [-0.39, 0.29) is 11.5 Å². The molecule has 2 aliphatic heterocycles. The zero-order valence-corrected chi connectivity index (χ0v) is 21.4. The van der Waals surface area contributed by atoms with Crippen LogP contribution in [0.4, 0.5) is 11.5 Å². The molecule has 9 heteroatoms. The van der Waals surface area contributed by atoms with Crippen LogP contribution in [0.1, 0.15) is 23.2 Å². The van der Waals surface area contributed by atoms with E-state index in [1.54, 1.807) is 42.6 Å². The number of rotatable bonds is 9. The van der Waals surface area contributed by atoms with Crippen molar-refractivity contribution in [3.63, 3.8) is 0 Å². The van der Waals surface area contributed by atoms with E-state index in [1.165, 1.54) is 0 Å². The van der Waals surface area contributed by atoms with Crippen molar-refractivity contribution >= 4 is 23.4 Å². The summed E-state index contributed by atoms with van der Waals surface area (Å²) in [7, 11) is 0. The predicted octanol–water partition coefficient (Wildman–Crippen LogP) is 4.46. The lowest BCUT2D eigenvalue weighted by Crippen LogP contribution is -2.36. The number of piperidine rings is 1. The smallest absolute Gasteiger partial charge is 0.335 e. The maximum atomic E-state index is 12.7. The topological polar surface area (TPSA) is 113 Å². The first-order valence-electron chi connectivity index (χ1n) is 12.9. The third-order valence-corrected chi connectivity index (χ3v) is 6.66.